The molecule has 1 atom stereocenters. The standard InChI is InChI=1S/C15H26O/c1-11-12(2)14(4)15(13(11)3)9-7-5-6-8-10-16/h13,16H,5-10H2,1-4H3. The molecule has 0 aromatic heterocycles. The predicted octanol–water partition coefficient (Wildman–Crippen LogP) is 4.23. The summed E-state index contributed by atoms with van der Waals surface area (Å²) in [5.41, 5.74) is 6.26. The Kier molecular flexibility index (Phi) is 5.27. The largest absolute Gasteiger partial charge is 0.396 e. The lowest BCUT2D eigenvalue weighted by Crippen LogP contribution is -1.97. The van der Waals surface area contributed by atoms with Crippen molar-refractivity contribution in [1.29, 1.82) is 0 Å². The minimum atomic E-state index is 0.345. The van der Waals surface area contributed by atoms with Crippen molar-refractivity contribution >= 4 is 0 Å². The topological polar surface area (TPSA) is 20.2 Å². The quantitative estimate of drug-likeness (QED) is 0.667. The summed E-state index contributed by atoms with van der Waals surface area (Å²) in [6.45, 7) is 9.46. The highest BCUT2D eigenvalue weighted by atomic mass is 16.2. The molecule has 1 aliphatic rings. The zero-order valence-corrected chi connectivity index (χ0v) is 11.3. The van der Waals surface area contributed by atoms with Gasteiger partial charge in [0.15, 0.2) is 0 Å². The van der Waals surface area contributed by atoms with Crippen LogP contribution in [0.4, 0.5) is 0 Å². The minimum absolute atomic E-state index is 0.345. The van der Waals surface area contributed by atoms with Gasteiger partial charge in [0.05, 0.1) is 0 Å². The van der Waals surface area contributed by atoms with Crippen molar-refractivity contribution in [2.24, 2.45) is 5.92 Å². The fourth-order valence-electron chi connectivity index (χ4n) is 2.63. The third-order valence-corrected chi connectivity index (χ3v) is 4.16. The third-order valence-electron chi connectivity index (χ3n) is 4.16. The number of allylic oxidation sites excluding steroid dienone is 4. The maximum Gasteiger partial charge on any atom is 0.0431 e. The smallest absolute Gasteiger partial charge is 0.0431 e. The molecule has 0 saturated heterocycles. The average molecular weight is 222 g/mol. The zero-order chi connectivity index (χ0) is 12.1. The van der Waals surface area contributed by atoms with Gasteiger partial charge in [-0.2, -0.15) is 0 Å². The van der Waals surface area contributed by atoms with Crippen molar-refractivity contribution in [3.63, 3.8) is 0 Å². The van der Waals surface area contributed by atoms with Gasteiger partial charge in [0.25, 0.3) is 0 Å². The molecule has 1 rings (SSSR count). The number of rotatable bonds is 6. The van der Waals surface area contributed by atoms with Gasteiger partial charge in [0, 0.05) is 6.61 Å². The molecular formula is C15H26O. The second-order valence-electron chi connectivity index (χ2n) is 5.07. The van der Waals surface area contributed by atoms with E-state index in [1.165, 1.54) is 36.8 Å². The molecule has 1 N–H and O–H groups in total. The molecule has 0 amide bonds. The summed E-state index contributed by atoms with van der Waals surface area (Å²) in [5.74, 6) is 0.665. The Balaban J connectivity index is 2.39. The Hall–Kier alpha value is -0.560. The minimum Gasteiger partial charge on any atom is -0.396 e. The molecule has 0 aromatic carbocycles. The summed E-state index contributed by atoms with van der Waals surface area (Å²) >= 11 is 0. The van der Waals surface area contributed by atoms with Crippen LogP contribution in [0.2, 0.25) is 0 Å². The lowest BCUT2D eigenvalue weighted by Gasteiger charge is -2.12. The molecule has 0 radical (unpaired) electrons. The molecule has 0 aliphatic heterocycles. The molecule has 0 bridgehead atoms. The highest BCUT2D eigenvalue weighted by Crippen LogP contribution is 2.38. The van der Waals surface area contributed by atoms with E-state index in [9.17, 15) is 0 Å². The van der Waals surface area contributed by atoms with E-state index in [1.54, 1.807) is 11.1 Å². The number of unbranched alkanes of at least 4 members (excludes halogenated alkanes) is 3. The van der Waals surface area contributed by atoms with Crippen LogP contribution >= 0.6 is 0 Å². The van der Waals surface area contributed by atoms with E-state index in [0.717, 1.165) is 6.42 Å². The average Bonchev–Trinajstić information content (AvgIpc) is 2.46. The first-order chi connectivity index (χ1) is 7.59. The van der Waals surface area contributed by atoms with Crippen LogP contribution in [0.3, 0.4) is 0 Å². The monoisotopic (exact) mass is 222 g/mol. The van der Waals surface area contributed by atoms with E-state index in [1.807, 2.05) is 0 Å². The second kappa shape index (κ2) is 6.24. The summed E-state index contributed by atoms with van der Waals surface area (Å²) in [6, 6.07) is 0. The Morgan fingerprint density at radius 2 is 1.56 bits per heavy atom. The van der Waals surface area contributed by atoms with Gasteiger partial charge >= 0.3 is 0 Å². The molecule has 0 heterocycles. The summed E-state index contributed by atoms with van der Waals surface area (Å²) in [5, 5.41) is 8.71. The van der Waals surface area contributed by atoms with E-state index in [2.05, 4.69) is 27.7 Å². The Morgan fingerprint density at radius 1 is 0.938 bits per heavy atom. The predicted molar refractivity (Wildman–Crippen MR) is 70.4 cm³/mol. The van der Waals surface area contributed by atoms with E-state index in [4.69, 9.17) is 5.11 Å². The van der Waals surface area contributed by atoms with Crippen LogP contribution in [-0.4, -0.2) is 11.7 Å². The first-order valence-corrected chi connectivity index (χ1v) is 6.57. The van der Waals surface area contributed by atoms with Gasteiger partial charge in [-0.05, 0) is 57.1 Å². The van der Waals surface area contributed by atoms with Crippen LogP contribution in [0.25, 0.3) is 0 Å². The molecule has 0 saturated carbocycles. The van der Waals surface area contributed by atoms with Crippen LogP contribution in [0.5, 0.6) is 0 Å². The van der Waals surface area contributed by atoms with Crippen molar-refractivity contribution in [2.75, 3.05) is 6.61 Å². The van der Waals surface area contributed by atoms with Crippen molar-refractivity contribution in [3.8, 4) is 0 Å². The first kappa shape index (κ1) is 13.5. The molecule has 0 fully saturated rings. The maximum atomic E-state index is 8.71. The first-order valence-electron chi connectivity index (χ1n) is 6.57. The molecule has 0 aromatic rings. The van der Waals surface area contributed by atoms with Crippen LogP contribution < -0.4 is 0 Å². The lowest BCUT2D eigenvalue weighted by molar-refractivity contribution is 0.282. The molecule has 92 valence electrons. The fraction of sp³-hybridized carbons (Fsp3) is 0.733. The summed E-state index contributed by atoms with van der Waals surface area (Å²) < 4.78 is 0. The van der Waals surface area contributed by atoms with E-state index in [0.29, 0.717) is 12.5 Å². The molecule has 1 nitrogen and oxygen atoms in total. The number of aliphatic hydroxyl groups is 1. The van der Waals surface area contributed by atoms with E-state index < -0.39 is 0 Å². The summed E-state index contributed by atoms with van der Waals surface area (Å²) in [7, 11) is 0. The van der Waals surface area contributed by atoms with Gasteiger partial charge in [-0.1, -0.05) is 30.9 Å². The molecule has 0 spiro atoms. The molecule has 1 unspecified atom stereocenters. The highest BCUT2D eigenvalue weighted by molar-refractivity contribution is 5.46. The van der Waals surface area contributed by atoms with Crippen LogP contribution in [0.15, 0.2) is 22.3 Å². The van der Waals surface area contributed by atoms with Gasteiger partial charge in [0.2, 0.25) is 0 Å². The fourth-order valence-corrected chi connectivity index (χ4v) is 2.63. The summed E-state index contributed by atoms with van der Waals surface area (Å²) in [4.78, 5) is 0. The Labute approximate surface area is 100 Å². The van der Waals surface area contributed by atoms with E-state index in [-0.39, 0.29) is 0 Å². The highest BCUT2D eigenvalue weighted by Gasteiger charge is 2.22. The van der Waals surface area contributed by atoms with Crippen molar-refractivity contribution in [3.05, 3.63) is 22.3 Å². The number of aliphatic hydroxyl groups excluding tert-OH is 1. The van der Waals surface area contributed by atoms with Gasteiger partial charge in [-0.15, -0.1) is 0 Å². The van der Waals surface area contributed by atoms with Crippen molar-refractivity contribution in [1.82, 2.24) is 0 Å². The SMILES string of the molecule is CC1=C(C)C(C)C(CCCCCCO)=C1C. The molecular weight excluding hydrogens is 196 g/mol. The Morgan fingerprint density at radius 3 is 2.06 bits per heavy atom. The van der Waals surface area contributed by atoms with Crippen LogP contribution in [0, 0.1) is 5.92 Å². The van der Waals surface area contributed by atoms with Gasteiger partial charge in [0.1, 0.15) is 0 Å². The second-order valence-corrected chi connectivity index (χ2v) is 5.07. The third kappa shape index (κ3) is 2.98. The van der Waals surface area contributed by atoms with Crippen LogP contribution in [-0.2, 0) is 0 Å². The normalized spacial score (nSPS) is 21.2. The lowest BCUT2D eigenvalue weighted by atomic mass is 9.93. The Bertz CT molecular complexity index is 297. The van der Waals surface area contributed by atoms with Gasteiger partial charge in [-0.25, -0.2) is 0 Å². The van der Waals surface area contributed by atoms with Gasteiger partial charge < -0.3 is 5.11 Å². The van der Waals surface area contributed by atoms with Crippen molar-refractivity contribution < 1.29 is 5.11 Å². The van der Waals surface area contributed by atoms with Gasteiger partial charge in [-0.3, -0.25) is 0 Å². The molecule has 1 aliphatic carbocycles. The number of hydrogen-bond donors (Lipinski definition) is 1. The maximum absolute atomic E-state index is 8.71. The van der Waals surface area contributed by atoms with Crippen molar-refractivity contribution in [2.45, 2.75) is 59.8 Å². The van der Waals surface area contributed by atoms with Crippen LogP contribution in [0.1, 0.15) is 59.8 Å². The van der Waals surface area contributed by atoms with E-state index >= 15 is 0 Å². The zero-order valence-electron chi connectivity index (χ0n) is 11.3. The molecule has 16 heavy (non-hydrogen) atoms. The molecule has 1 heteroatoms. The summed E-state index contributed by atoms with van der Waals surface area (Å²) in [6.07, 6.45) is 5.90. The number of hydrogen-bond acceptors (Lipinski definition) is 1.